The van der Waals surface area contributed by atoms with Crippen LogP contribution in [0, 0.1) is 12.8 Å². The van der Waals surface area contributed by atoms with Crippen molar-refractivity contribution in [2.75, 3.05) is 25.0 Å². The second-order valence-corrected chi connectivity index (χ2v) is 7.36. The predicted octanol–water partition coefficient (Wildman–Crippen LogP) is 3.54. The zero-order chi connectivity index (χ0) is 17.6. The molecule has 0 radical (unpaired) electrons. The van der Waals surface area contributed by atoms with Crippen LogP contribution in [0.5, 0.6) is 0 Å². The van der Waals surface area contributed by atoms with E-state index in [4.69, 9.17) is 4.74 Å². The van der Waals surface area contributed by atoms with E-state index in [0.717, 1.165) is 12.1 Å². The molecule has 0 saturated carbocycles. The fourth-order valence-electron chi connectivity index (χ4n) is 2.23. The van der Waals surface area contributed by atoms with E-state index in [-0.39, 0.29) is 11.9 Å². The van der Waals surface area contributed by atoms with Crippen LogP contribution >= 0.6 is 11.3 Å². The Labute approximate surface area is 143 Å². The largest absolute Gasteiger partial charge is 0.462 e. The third kappa shape index (κ3) is 6.31. The average Bonchev–Trinajstić information content (AvgIpc) is 2.78. The summed E-state index contributed by atoms with van der Waals surface area (Å²) in [5.74, 6) is 0.111. The highest BCUT2D eigenvalue weighted by molar-refractivity contribution is 7.18. The lowest BCUT2D eigenvalue weighted by Gasteiger charge is -2.27. The van der Waals surface area contributed by atoms with Gasteiger partial charge in [0.1, 0.15) is 4.88 Å². The predicted molar refractivity (Wildman–Crippen MR) is 95.2 cm³/mol. The van der Waals surface area contributed by atoms with Gasteiger partial charge in [0.2, 0.25) is 5.91 Å². The summed E-state index contributed by atoms with van der Waals surface area (Å²) in [5.41, 5.74) is 0.826. The maximum Gasteiger partial charge on any atom is 0.348 e. The molecule has 0 aliphatic rings. The molecule has 0 fully saturated rings. The smallest absolute Gasteiger partial charge is 0.348 e. The number of anilines is 1. The number of esters is 1. The minimum atomic E-state index is -0.334. The number of hydrogen-bond donors (Lipinski definition) is 1. The number of rotatable bonds is 8. The molecular formula is C17H28N2O3S. The molecule has 1 rings (SSSR count). The standard InChI is InChI=1S/C17H28N2O3S/c1-7-22-17(21)16-13(6)8-15(23-16)18-14(20)10-19(12(4)5)9-11(2)3/h8,11-12H,7,9-10H2,1-6H3,(H,18,20). The first-order valence-corrected chi connectivity index (χ1v) is 8.87. The molecule has 0 spiro atoms. The summed E-state index contributed by atoms with van der Waals surface area (Å²) in [5, 5.41) is 3.57. The van der Waals surface area contributed by atoms with Crippen LogP contribution in [0.4, 0.5) is 5.00 Å². The molecule has 0 unspecified atom stereocenters. The first-order chi connectivity index (χ1) is 10.7. The zero-order valence-corrected chi connectivity index (χ0v) is 15.8. The van der Waals surface area contributed by atoms with Gasteiger partial charge in [0.05, 0.1) is 18.2 Å². The van der Waals surface area contributed by atoms with Crippen molar-refractivity contribution < 1.29 is 14.3 Å². The molecule has 0 atom stereocenters. The van der Waals surface area contributed by atoms with Gasteiger partial charge in [0.25, 0.3) is 0 Å². The van der Waals surface area contributed by atoms with Gasteiger partial charge >= 0.3 is 5.97 Å². The van der Waals surface area contributed by atoms with E-state index in [0.29, 0.717) is 35.0 Å². The second-order valence-electron chi connectivity index (χ2n) is 6.31. The van der Waals surface area contributed by atoms with Crippen molar-refractivity contribution in [2.24, 2.45) is 5.92 Å². The van der Waals surface area contributed by atoms with Gasteiger partial charge in [0, 0.05) is 12.6 Å². The molecule has 1 aromatic rings. The van der Waals surface area contributed by atoms with E-state index in [2.05, 4.69) is 37.9 Å². The summed E-state index contributed by atoms with van der Waals surface area (Å²) in [4.78, 5) is 26.8. The lowest BCUT2D eigenvalue weighted by atomic mass is 10.2. The maximum absolute atomic E-state index is 12.3. The molecule has 0 aliphatic heterocycles. The second kappa shape index (κ2) is 9.03. The zero-order valence-electron chi connectivity index (χ0n) is 14.9. The Bertz CT molecular complexity index is 538. The summed E-state index contributed by atoms with van der Waals surface area (Å²) in [6.45, 7) is 13.6. The Morgan fingerprint density at radius 2 is 1.96 bits per heavy atom. The Balaban J connectivity index is 2.70. The fourth-order valence-corrected chi connectivity index (χ4v) is 3.21. The van der Waals surface area contributed by atoms with Crippen molar-refractivity contribution in [3.8, 4) is 0 Å². The number of hydrogen-bond acceptors (Lipinski definition) is 5. The van der Waals surface area contributed by atoms with E-state index in [9.17, 15) is 9.59 Å². The summed E-state index contributed by atoms with van der Waals surface area (Å²) in [6.07, 6.45) is 0. The van der Waals surface area contributed by atoms with Crippen molar-refractivity contribution in [3.63, 3.8) is 0 Å². The topological polar surface area (TPSA) is 58.6 Å². The van der Waals surface area contributed by atoms with Gasteiger partial charge in [-0.25, -0.2) is 4.79 Å². The first kappa shape index (κ1) is 19.6. The molecule has 0 aromatic carbocycles. The monoisotopic (exact) mass is 340 g/mol. The van der Waals surface area contributed by atoms with E-state index in [1.54, 1.807) is 6.92 Å². The first-order valence-electron chi connectivity index (χ1n) is 8.06. The molecular weight excluding hydrogens is 312 g/mol. The molecule has 23 heavy (non-hydrogen) atoms. The van der Waals surface area contributed by atoms with E-state index >= 15 is 0 Å². The summed E-state index contributed by atoms with van der Waals surface area (Å²) in [6, 6.07) is 2.13. The van der Waals surface area contributed by atoms with Crippen LogP contribution in [0.2, 0.25) is 0 Å². The van der Waals surface area contributed by atoms with Crippen molar-refractivity contribution in [3.05, 3.63) is 16.5 Å². The number of aryl methyl sites for hydroxylation is 1. The van der Waals surface area contributed by atoms with Crippen molar-refractivity contribution in [2.45, 2.75) is 47.6 Å². The third-order valence-electron chi connectivity index (χ3n) is 3.32. The molecule has 130 valence electrons. The van der Waals surface area contributed by atoms with Crippen molar-refractivity contribution in [1.82, 2.24) is 4.90 Å². The highest BCUT2D eigenvalue weighted by Gasteiger charge is 2.18. The number of carbonyl (C=O) groups excluding carboxylic acids is 2. The molecule has 0 saturated heterocycles. The van der Waals surface area contributed by atoms with Crippen molar-refractivity contribution in [1.29, 1.82) is 0 Å². The highest BCUT2D eigenvalue weighted by Crippen LogP contribution is 2.27. The van der Waals surface area contributed by atoms with Crippen LogP contribution in [-0.4, -0.2) is 42.5 Å². The molecule has 1 heterocycles. The SMILES string of the molecule is CCOC(=O)c1sc(NC(=O)CN(CC(C)C)C(C)C)cc1C. The molecule has 1 aromatic heterocycles. The van der Waals surface area contributed by atoms with Gasteiger partial charge < -0.3 is 10.1 Å². The van der Waals surface area contributed by atoms with Gasteiger partial charge in [-0.2, -0.15) is 0 Å². The fraction of sp³-hybridized carbons (Fsp3) is 0.647. The van der Waals surface area contributed by atoms with Gasteiger partial charge in [-0.3, -0.25) is 9.69 Å². The van der Waals surface area contributed by atoms with Crippen LogP contribution in [0.3, 0.4) is 0 Å². The van der Waals surface area contributed by atoms with Crippen LogP contribution in [0.25, 0.3) is 0 Å². The number of nitrogens with zero attached hydrogens (tertiary/aromatic N) is 1. The van der Waals surface area contributed by atoms with Gasteiger partial charge in [-0.15, -0.1) is 11.3 Å². The van der Waals surface area contributed by atoms with E-state index in [1.807, 2.05) is 13.0 Å². The molecule has 1 N–H and O–H groups in total. The Kier molecular flexibility index (Phi) is 7.72. The van der Waals surface area contributed by atoms with Gasteiger partial charge in [-0.05, 0) is 45.2 Å². The number of nitrogens with one attached hydrogen (secondary N) is 1. The lowest BCUT2D eigenvalue weighted by Crippen LogP contribution is -2.40. The lowest BCUT2D eigenvalue weighted by molar-refractivity contribution is -0.117. The van der Waals surface area contributed by atoms with Gasteiger partial charge in [0.15, 0.2) is 0 Å². The van der Waals surface area contributed by atoms with Crippen LogP contribution in [-0.2, 0) is 9.53 Å². The van der Waals surface area contributed by atoms with Crippen molar-refractivity contribution >= 4 is 28.2 Å². The van der Waals surface area contributed by atoms with Crippen LogP contribution in [0.1, 0.15) is 49.9 Å². The average molecular weight is 340 g/mol. The molecule has 6 heteroatoms. The van der Waals surface area contributed by atoms with E-state index < -0.39 is 0 Å². The normalized spacial score (nSPS) is 11.3. The third-order valence-corrected chi connectivity index (χ3v) is 4.45. The van der Waals surface area contributed by atoms with E-state index in [1.165, 1.54) is 11.3 Å². The number of carbonyl (C=O) groups is 2. The molecule has 5 nitrogen and oxygen atoms in total. The Hall–Kier alpha value is -1.40. The number of amides is 1. The summed E-state index contributed by atoms with van der Waals surface area (Å²) < 4.78 is 5.02. The molecule has 1 amide bonds. The maximum atomic E-state index is 12.3. The van der Waals surface area contributed by atoms with Gasteiger partial charge in [-0.1, -0.05) is 13.8 Å². The minimum absolute atomic E-state index is 0.0593. The minimum Gasteiger partial charge on any atom is -0.462 e. The van der Waals surface area contributed by atoms with Crippen LogP contribution in [0.15, 0.2) is 6.07 Å². The molecule has 0 bridgehead atoms. The number of thiophene rings is 1. The number of ether oxygens (including phenoxy) is 1. The Morgan fingerprint density at radius 1 is 1.30 bits per heavy atom. The Morgan fingerprint density at radius 3 is 2.48 bits per heavy atom. The quantitative estimate of drug-likeness (QED) is 0.735. The van der Waals surface area contributed by atoms with Crippen LogP contribution < -0.4 is 5.32 Å². The summed E-state index contributed by atoms with van der Waals surface area (Å²) in [7, 11) is 0. The molecule has 0 aliphatic carbocycles. The highest BCUT2D eigenvalue weighted by atomic mass is 32.1. The summed E-state index contributed by atoms with van der Waals surface area (Å²) >= 11 is 1.26.